The van der Waals surface area contributed by atoms with Crippen molar-refractivity contribution in [1.82, 2.24) is 4.57 Å². The van der Waals surface area contributed by atoms with Gasteiger partial charge in [-0.3, -0.25) is 0 Å². The maximum Gasteiger partial charge on any atom is 0.129 e. The summed E-state index contributed by atoms with van der Waals surface area (Å²) in [5, 5.41) is 10.2. The highest BCUT2D eigenvalue weighted by Crippen LogP contribution is 2.21. The zero-order valence-corrected chi connectivity index (χ0v) is 11.2. The van der Waals surface area contributed by atoms with Crippen LogP contribution < -0.4 is 0 Å². The Kier molecular flexibility index (Phi) is 3.17. The molecule has 0 spiro atoms. The van der Waals surface area contributed by atoms with Gasteiger partial charge in [-0.25, -0.2) is 4.39 Å². The van der Waals surface area contributed by atoms with E-state index in [4.69, 9.17) is 16.9 Å². The number of aromatic nitrogens is 1. The van der Waals surface area contributed by atoms with Crippen LogP contribution in [0.5, 0.6) is 0 Å². The van der Waals surface area contributed by atoms with Crippen LogP contribution in [0.15, 0.2) is 48.7 Å². The summed E-state index contributed by atoms with van der Waals surface area (Å²) in [5.41, 5.74) is 2.17. The summed E-state index contributed by atoms with van der Waals surface area (Å²) in [6.07, 6.45) is 1.89. The van der Waals surface area contributed by atoms with Crippen LogP contribution in [0.2, 0.25) is 5.02 Å². The Labute approximate surface area is 120 Å². The predicted molar refractivity (Wildman–Crippen MR) is 77.2 cm³/mol. The van der Waals surface area contributed by atoms with Gasteiger partial charge in [0.1, 0.15) is 5.82 Å². The molecule has 0 aliphatic rings. The Balaban J connectivity index is 2.01. The summed E-state index contributed by atoms with van der Waals surface area (Å²) in [6.45, 7) is 0.429. The molecule has 3 rings (SSSR count). The number of nitriles is 1. The molecule has 0 aliphatic carbocycles. The van der Waals surface area contributed by atoms with E-state index in [9.17, 15) is 4.39 Å². The SMILES string of the molecule is N#Cc1ccc2c(ccn2Cc2ccc(Cl)cc2F)c1. The van der Waals surface area contributed by atoms with Gasteiger partial charge in [0.2, 0.25) is 0 Å². The van der Waals surface area contributed by atoms with Crippen LogP contribution in [-0.4, -0.2) is 4.57 Å². The average molecular weight is 285 g/mol. The van der Waals surface area contributed by atoms with Gasteiger partial charge in [-0.15, -0.1) is 0 Å². The molecule has 0 radical (unpaired) electrons. The molecule has 3 aromatic rings. The summed E-state index contributed by atoms with van der Waals surface area (Å²) >= 11 is 5.75. The minimum absolute atomic E-state index is 0.312. The molecule has 0 amide bonds. The molecule has 0 atom stereocenters. The highest BCUT2D eigenvalue weighted by Gasteiger charge is 2.07. The average Bonchev–Trinajstić information content (AvgIpc) is 2.84. The summed E-state index contributed by atoms with van der Waals surface area (Å²) in [5.74, 6) is -0.312. The molecule has 0 fully saturated rings. The molecule has 20 heavy (non-hydrogen) atoms. The molecular formula is C16H10ClFN2. The Morgan fingerprint density at radius 2 is 2.00 bits per heavy atom. The second-order valence-corrected chi connectivity index (χ2v) is 5.00. The summed E-state index contributed by atoms with van der Waals surface area (Å²) < 4.78 is 15.8. The normalized spacial score (nSPS) is 10.7. The first-order valence-corrected chi connectivity index (χ1v) is 6.48. The van der Waals surface area contributed by atoms with E-state index in [1.54, 1.807) is 18.2 Å². The zero-order chi connectivity index (χ0) is 14.1. The van der Waals surface area contributed by atoms with Crippen LogP contribution >= 0.6 is 11.6 Å². The highest BCUT2D eigenvalue weighted by atomic mass is 35.5. The van der Waals surface area contributed by atoms with Crippen LogP contribution in [-0.2, 0) is 6.54 Å². The van der Waals surface area contributed by atoms with Crippen molar-refractivity contribution in [2.75, 3.05) is 0 Å². The van der Waals surface area contributed by atoms with Crippen molar-refractivity contribution in [3.8, 4) is 6.07 Å². The quantitative estimate of drug-likeness (QED) is 0.687. The topological polar surface area (TPSA) is 28.7 Å². The molecule has 2 nitrogen and oxygen atoms in total. The first-order valence-electron chi connectivity index (χ1n) is 6.10. The second kappa shape index (κ2) is 4.99. The lowest BCUT2D eigenvalue weighted by molar-refractivity contribution is 0.602. The maximum atomic E-state index is 13.8. The van der Waals surface area contributed by atoms with Crippen molar-refractivity contribution in [2.24, 2.45) is 0 Å². The van der Waals surface area contributed by atoms with Crippen LogP contribution in [0.4, 0.5) is 4.39 Å². The lowest BCUT2D eigenvalue weighted by Crippen LogP contribution is -2.00. The summed E-state index contributed by atoms with van der Waals surface area (Å²) in [4.78, 5) is 0. The monoisotopic (exact) mass is 284 g/mol. The smallest absolute Gasteiger partial charge is 0.129 e. The van der Waals surface area contributed by atoms with Crippen molar-refractivity contribution < 1.29 is 4.39 Å². The Morgan fingerprint density at radius 1 is 1.15 bits per heavy atom. The van der Waals surface area contributed by atoms with E-state index >= 15 is 0 Å². The van der Waals surface area contributed by atoms with E-state index < -0.39 is 0 Å². The maximum absolute atomic E-state index is 13.8. The minimum Gasteiger partial charge on any atom is -0.343 e. The number of hydrogen-bond donors (Lipinski definition) is 0. The molecule has 0 saturated carbocycles. The third-order valence-electron chi connectivity index (χ3n) is 3.26. The van der Waals surface area contributed by atoms with Gasteiger partial charge in [0, 0.05) is 27.7 Å². The van der Waals surface area contributed by atoms with Gasteiger partial charge < -0.3 is 4.57 Å². The standard InChI is InChI=1S/C16H10ClFN2/c17-14-3-2-13(15(18)8-14)10-20-6-5-12-7-11(9-19)1-4-16(12)20/h1-8H,10H2. The third-order valence-corrected chi connectivity index (χ3v) is 3.49. The number of rotatable bonds is 2. The van der Waals surface area contributed by atoms with E-state index in [2.05, 4.69) is 6.07 Å². The Morgan fingerprint density at radius 3 is 2.75 bits per heavy atom. The molecule has 4 heteroatoms. The zero-order valence-electron chi connectivity index (χ0n) is 10.5. The van der Waals surface area contributed by atoms with E-state index in [0.29, 0.717) is 22.7 Å². The van der Waals surface area contributed by atoms with E-state index in [-0.39, 0.29) is 5.82 Å². The third kappa shape index (κ3) is 2.26. The molecule has 98 valence electrons. The van der Waals surface area contributed by atoms with Crippen molar-refractivity contribution in [2.45, 2.75) is 6.54 Å². The molecular weight excluding hydrogens is 275 g/mol. The first kappa shape index (κ1) is 12.7. The Bertz CT molecular complexity index is 830. The van der Waals surface area contributed by atoms with E-state index in [1.165, 1.54) is 6.07 Å². The van der Waals surface area contributed by atoms with E-state index in [1.807, 2.05) is 29.0 Å². The number of hydrogen-bond acceptors (Lipinski definition) is 1. The van der Waals surface area contributed by atoms with Crippen LogP contribution in [0.3, 0.4) is 0 Å². The van der Waals surface area contributed by atoms with Gasteiger partial charge in [0.25, 0.3) is 0 Å². The number of fused-ring (bicyclic) bond motifs is 1. The fourth-order valence-electron chi connectivity index (χ4n) is 2.24. The predicted octanol–water partition coefficient (Wildman–Crippen LogP) is 4.35. The van der Waals surface area contributed by atoms with Crippen molar-refractivity contribution in [3.05, 3.63) is 70.6 Å². The van der Waals surface area contributed by atoms with Gasteiger partial charge in [-0.1, -0.05) is 17.7 Å². The summed E-state index contributed by atoms with van der Waals surface area (Å²) in [7, 11) is 0. The van der Waals surface area contributed by atoms with E-state index in [0.717, 1.165) is 10.9 Å². The molecule has 0 unspecified atom stereocenters. The Hall–Kier alpha value is -2.31. The molecule has 0 bridgehead atoms. The minimum atomic E-state index is -0.312. The molecule has 0 saturated heterocycles. The van der Waals surface area contributed by atoms with Gasteiger partial charge >= 0.3 is 0 Å². The second-order valence-electron chi connectivity index (χ2n) is 4.56. The molecule has 0 N–H and O–H groups in total. The van der Waals surface area contributed by atoms with Crippen molar-refractivity contribution in [3.63, 3.8) is 0 Å². The number of nitrogens with zero attached hydrogens (tertiary/aromatic N) is 2. The lowest BCUT2D eigenvalue weighted by atomic mass is 10.1. The largest absolute Gasteiger partial charge is 0.343 e. The van der Waals surface area contributed by atoms with Gasteiger partial charge in [-0.2, -0.15) is 5.26 Å². The number of halogens is 2. The van der Waals surface area contributed by atoms with Crippen molar-refractivity contribution >= 4 is 22.5 Å². The van der Waals surface area contributed by atoms with Crippen molar-refractivity contribution in [1.29, 1.82) is 5.26 Å². The fraction of sp³-hybridized carbons (Fsp3) is 0.0625. The van der Waals surface area contributed by atoms with Crippen LogP contribution in [0.25, 0.3) is 10.9 Å². The highest BCUT2D eigenvalue weighted by molar-refractivity contribution is 6.30. The van der Waals surface area contributed by atoms with Gasteiger partial charge in [-0.05, 0) is 36.4 Å². The molecule has 0 aliphatic heterocycles. The van der Waals surface area contributed by atoms with Crippen LogP contribution in [0.1, 0.15) is 11.1 Å². The first-order chi connectivity index (χ1) is 9.67. The molecule has 2 aromatic carbocycles. The number of benzene rings is 2. The van der Waals surface area contributed by atoms with Gasteiger partial charge in [0.15, 0.2) is 0 Å². The molecule has 1 aromatic heterocycles. The summed E-state index contributed by atoms with van der Waals surface area (Å²) in [6, 6.07) is 14.2. The molecule has 1 heterocycles. The van der Waals surface area contributed by atoms with Crippen LogP contribution in [0, 0.1) is 17.1 Å². The lowest BCUT2D eigenvalue weighted by Gasteiger charge is -2.07. The fourth-order valence-corrected chi connectivity index (χ4v) is 2.40. The van der Waals surface area contributed by atoms with Gasteiger partial charge in [0.05, 0.1) is 18.2 Å².